The Bertz CT molecular complexity index is 651. The van der Waals surface area contributed by atoms with Gasteiger partial charge in [0.1, 0.15) is 17.2 Å². The van der Waals surface area contributed by atoms with Crippen LogP contribution in [-0.4, -0.2) is 16.4 Å². The number of aryl methyl sites for hydroxylation is 2. The second-order valence-corrected chi connectivity index (χ2v) is 4.82. The van der Waals surface area contributed by atoms with Crippen LogP contribution in [0.1, 0.15) is 16.7 Å². The summed E-state index contributed by atoms with van der Waals surface area (Å²) in [6, 6.07) is 8.17. The van der Waals surface area contributed by atoms with Crippen molar-refractivity contribution in [3.8, 4) is 11.5 Å². The second kappa shape index (κ2) is 5.33. The van der Waals surface area contributed by atoms with Crippen LogP contribution in [0.5, 0.6) is 11.5 Å². The van der Waals surface area contributed by atoms with E-state index in [-0.39, 0.29) is 11.5 Å². The molecule has 2 N–H and O–H groups in total. The summed E-state index contributed by atoms with van der Waals surface area (Å²) in [5.74, 6) is 0.206. The van der Waals surface area contributed by atoms with Gasteiger partial charge in [-0.3, -0.25) is 4.99 Å². The van der Waals surface area contributed by atoms with Gasteiger partial charge in [0, 0.05) is 16.8 Å². The molecular formula is C15H14ClNO2. The molecule has 0 spiro atoms. The zero-order valence-electron chi connectivity index (χ0n) is 10.7. The quantitative estimate of drug-likeness (QED) is 0.810. The molecule has 0 unspecified atom stereocenters. The van der Waals surface area contributed by atoms with Crippen molar-refractivity contribution in [2.45, 2.75) is 13.8 Å². The lowest BCUT2D eigenvalue weighted by Gasteiger charge is -2.04. The van der Waals surface area contributed by atoms with E-state index in [1.807, 2.05) is 13.8 Å². The topological polar surface area (TPSA) is 52.8 Å². The van der Waals surface area contributed by atoms with Crippen LogP contribution in [0.3, 0.4) is 0 Å². The van der Waals surface area contributed by atoms with E-state index in [0.29, 0.717) is 16.3 Å². The van der Waals surface area contributed by atoms with Crippen molar-refractivity contribution in [1.29, 1.82) is 0 Å². The van der Waals surface area contributed by atoms with E-state index in [9.17, 15) is 10.2 Å². The molecule has 2 aromatic rings. The number of aromatic hydroxyl groups is 2. The average molecular weight is 276 g/mol. The van der Waals surface area contributed by atoms with Gasteiger partial charge in [-0.25, -0.2) is 0 Å². The van der Waals surface area contributed by atoms with Crippen LogP contribution in [0.2, 0.25) is 5.02 Å². The standard InChI is InChI=1S/C15H14ClNO2/c1-9-5-13(15(19)6-10(9)2)17-8-11-7-12(16)3-4-14(11)18/h3-8,18-19H,1-2H3. The summed E-state index contributed by atoms with van der Waals surface area (Å²) in [7, 11) is 0. The molecule has 0 aromatic heterocycles. The Morgan fingerprint density at radius 2 is 1.68 bits per heavy atom. The number of nitrogens with zero attached hydrogens (tertiary/aromatic N) is 1. The first-order valence-electron chi connectivity index (χ1n) is 5.80. The molecule has 2 rings (SSSR count). The van der Waals surface area contributed by atoms with Gasteiger partial charge in [0.25, 0.3) is 0 Å². The lowest BCUT2D eigenvalue weighted by Crippen LogP contribution is -1.84. The molecule has 3 nitrogen and oxygen atoms in total. The van der Waals surface area contributed by atoms with Crippen LogP contribution in [0.4, 0.5) is 5.69 Å². The van der Waals surface area contributed by atoms with Crippen molar-refractivity contribution in [1.82, 2.24) is 0 Å². The fourth-order valence-electron chi connectivity index (χ4n) is 1.66. The first-order chi connectivity index (χ1) is 8.97. The van der Waals surface area contributed by atoms with Crippen LogP contribution in [0.15, 0.2) is 35.3 Å². The van der Waals surface area contributed by atoms with Crippen LogP contribution < -0.4 is 0 Å². The Labute approximate surface area is 116 Å². The summed E-state index contributed by atoms with van der Waals surface area (Å²) in [4.78, 5) is 4.19. The van der Waals surface area contributed by atoms with Gasteiger partial charge in [-0.05, 0) is 55.3 Å². The average Bonchev–Trinajstić information content (AvgIpc) is 2.36. The maximum absolute atomic E-state index is 9.82. The molecule has 98 valence electrons. The maximum Gasteiger partial charge on any atom is 0.141 e. The highest BCUT2D eigenvalue weighted by Gasteiger charge is 2.03. The molecular weight excluding hydrogens is 262 g/mol. The molecule has 0 saturated carbocycles. The van der Waals surface area contributed by atoms with E-state index in [4.69, 9.17) is 11.6 Å². The SMILES string of the molecule is Cc1cc(O)c(N=Cc2cc(Cl)ccc2O)cc1C. The van der Waals surface area contributed by atoms with Gasteiger partial charge < -0.3 is 10.2 Å². The third kappa shape index (κ3) is 3.06. The number of phenolic OH excluding ortho intramolecular Hbond substituents is 2. The van der Waals surface area contributed by atoms with Gasteiger partial charge in [0.05, 0.1) is 0 Å². The van der Waals surface area contributed by atoms with Crippen LogP contribution in [-0.2, 0) is 0 Å². The fraction of sp³-hybridized carbons (Fsp3) is 0.133. The lowest BCUT2D eigenvalue weighted by molar-refractivity contribution is 0.474. The number of aliphatic imine (C=N–C) groups is 1. The number of phenols is 2. The van der Waals surface area contributed by atoms with Crippen molar-refractivity contribution in [2.24, 2.45) is 4.99 Å². The summed E-state index contributed by atoms with van der Waals surface area (Å²) >= 11 is 5.85. The minimum atomic E-state index is 0.0940. The van der Waals surface area contributed by atoms with Gasteiger partial charge in [0.2, 0.25) is 0 Å². The van der Waals surface area contributed by atoms with E-state index in [0.717, 1.165) is 11.1 Å². The van der Waals surface area contributed by atoms with E-state index in [1.165, 1.54) is 12.3 Å². The van der Waals surface area contributed by atoms with Crippen molar-refractivity contribution >= 4 is 23.5 Å². The number of hydrogen-bond donors (Lipinski definition) is 2. The normalized spacial score (nSPS) is 11.1. The zero-order valence-corrected chi connectivity index (χ0v) is 11.4. The molecule has 0 fully saturated rings. The van der Waals surface area contributed by atoms with E-state index < -0.39 is 0 Å². The molecule has 19 heavy (non-hydrogen) atoms. The van der Waals surface area contributed by atoms with Crippen molar-refractivity contribution in [2.75, 3.05) is 0 Å². The highest BCUT2D eigenvalue weighted by atomic mass is 35.5. The Morgan fingerprint density at radius 1 is 1.00 bits per heavy atom. The van der Waals surface area contributed by atoms with Crippen molar-refractivity contribution < 1.29 is 10.2 Å². The largest absolute Gasteiger partial charge is 0.507 e. The van der Waals surface area contributed by atoms with Crippen molar-refractivity contribution in [3.05, 3.63) is 52.0 Å². The minimum absolute atomic E-state index is 0.0940. The second-order valence-electron chi connectivity index (χ2n) is 4.39. The zero-order chi connectivity index (χ0) is 14.0. The molecule has 2 aromatic carbocycles. The Kier molecular flexibility index (Phi) is 3.76. The summed E-state index contributed by atoms with van der Waals surface area (Å²) in [5, 5.41) is 20.0. The molecule has 0 aliphatic carbocycles. The number of rotatable bonds is 2. The van der Waals surface area contributed by atoms with Gasteiger partial charge in [-0.15, -0.1) is 0 Å². The van der Waals surface area contributed by atoms with Crippen molar-refractivity contribution in [3.63, 3.8) is 0 Å². The number of benzene rings is 2. The van der Waals surface area contributed by atoms with E-state index in [2.05, 4.69) is 4.99 Å². The van der Waals surface area contributed by atoms with Gasteiger partial charge in [0.15, 0.2) is 0 Å². The maximum atomic E-state index is 9.82. The summed E-state index contributed by atoms with van der Waals surface area (Å²) in [5.41, 5.74) is 3.01. The van der Waals surface area contributed by atoms with Crippen LogP contribution >= 0.6 is 11.6 Å². The monoisotopic (exact) mass is 275 g/mol. The molecule has 0 aliphatic heterocycles. The Hall–Kier alpha value is -2.00. The van der Waals surface area contributed by atoms with Gasteiger partial charge >= 0.3 is 0 Å². The molecule has 0 radical (unpaired) electrons. The molecule has 0 saturated heterocycles. The predicted molar refractivity (Wildman–Crippen MR) is 78.0 cm³/mol. The van der Waals surface area contributed by atoms with E-state index >= 15 is 0 Å². The van der Waals surface area contributed by atoms with Crippen LogP contribution in [0, 0.1) is 13.8 Å². The third-order valence-electron chi connectivity index (χ3n) is 2.92. The molecule has 4 heteroatoms. The molecule has 0 amide bonds. The molecule has 0 aliphatic rings. The predicted octanol–water partition coefficient (Wildman–Crippen LogP) is 4.12. The first-order valence-corrected chi connectivity index (χ1v) is 6.18. The highest BCUT2D eigenvalue weighted by Crippen LogP contribution is 2.30. The fourth-order valence-corrected chi connectivity index (χ4v) is 1.84. The smallest absolute Gasteiger partial charge is 0.141 e. The van der Waals surface area contributed by atoms with E-state index in [1.54, 1.807) is 24.3 Å². The summed E-state index contributed by atoms with van der Waals surface area (Å²) < 4.78 is 0. The molecule has 0 heterocycles. The van der Waals surface area contributed by atoms with Gasteiger partial charge in [-0.2, -0.15) is 0 Å². The number of hydrogen-bond acceptors (Lipinski definition) is 3. The highest BCUT2D eigenvalue weighted by molar-refractivity contribution is 6.30. The minimum Gasteiger partial charge on any atom is -0.507 e. The lowest BCUT2D eigenvalue weighted by atomic mass is 10.1. The van der Waals surface area contributed by atoms with Crippen LogP contribution in [0.25, 0.3) is 0 Å². The summed E-state index contributed by atoms with van der Waals surface area (Å²) in [6.07, 6.45) is 1.48. The molecule has 0 bridgehead atoms. The summed E-state index contributed by atoms with van der Waals surface area (Å²) in [6.45, 7) is 3.87. The molecule has 0 atom stereocenters. The Morgan fingerprint density at radius 3 is 2.42 bits per heavy atom. The third-order valence-corrected chi connectivity index (χ3v) is 3.16. The first kappa shape index (κ1) is 13.4. The number of halogens is 1. The van der Waals surface area contributed by atoms with Gasteiger partial charge in [-0.1, -0.05) is 11.6 Å². The Balaban J connectivity index is 2.38.